The highest BCUT2D eigenvalue weighted by Gasteiger charge is 2.22. The second-order valence-corrected chi connectivity index (χ2v) is 9.05. The number of nitrogens with zero attached hydrogens (tertiary/aromatic N) is 4. The van der Waals surface area contributed by atoms with Crippen molar-refractivity contribution in [1.82, 2.24) is 14.5 Å². The molecular formula is C26H21ClN4OS. The third kappa shape index (κ3) is 4.67. The van der Waals surface area contributed by atoms with E-state index >= 15 is 0 Å². The molecule has 5 aromatic rings. The molecule has 0 N–H and O–H groups in total. The maximum Gasteiger partial charge on any atom is 0.260 e. The number of rotatable bonds is 7. The van der Waals surface area contributed by atoms with E-state index in [1.807, 2.05) is 71.4 Å². The molecule has 33 heavy (non-hydrogen) atoms. The van der Waals surface area contributed by atoms with E-state index in [-0.39, 0.29) is 5.91 Å². The Hall–Kier alpha value is -3.48. The van der Waals surface area contributed by atoms with Crippen LogP contribution in [-0.2, 0) is 6.54 Å². The average molecular weight is 473 g/mol. The van der Waals surface area contributed by atoms with Gasteiger partial charge in [0.2, 0.25) is 0 Å². The monoisotopic (exact) mass is 472 g/mol. The molecular weight excluding hydrogens is 452 g/mol. The second kappa shape index (κ2) is 9.57. The van der Waals surface area contributed by atoms with Crippen LogP contribution >= 0.6 is 22.9 Å². The molecule has 164 valence electrons. The number of amides is 1. The zero-order chi connectivity index (χ0) is 22.6. The standard InChI is InChI=1S/C26H21ClN4OS/c27-22-8-4-9-23-24(22)29-26(33-23)31(16-5-15-30-17-14-28-18-30)25(32)21-12-10-20(11-13-21)19-6-2-1-3-7-19/h1-4,6-14,17-18H,5,15-16H2. The van der Waals surface area contributed by atoms with Gasteiger partial charge in [0.05, 0.1) is 16.0 Å². The Kier molecular flexibility index (Phi) is 6.19. The van der Waals surface area contributed by atoms with E-state index in [1.54, 1.807) is 17.4 Å². The van der Waals surface area contributed by atoms with Gasteiger partial charge in [0, 0.05) is 31.0 Å². The van der Waals surface area contributed by atoms with Crippen molar-refractivity contribution in [2.75, 3.05) is 11.4 Å². The third-order valence-electron chi connectivity index (χ3n) is 5.43. The molecule has 3 aromatic carbocycles. The van der Waals surface area contributed by atoms with Crippen LogP contribution in [0.3, 0.4) is 0 Å². The minimum atomic E-state index is -0.0737. The second-order valence-electron chi connectivity index (χ2n) is 7.64. The molecule has 0 saturated heterocycles. The van der Waals surface area contributed by atoms with Gasteiger partial charge in [-0.15, -0.1) is 0 Å². The first-order valence-electron chi connectivity index (χ1n) is 10.7. The van der Waals surface area contributed by atoms with Crippen LogP contribution in [0.5, 0.6) is 0 Å². The van der Waals surface area contributed by atoms with Crippen molar-refractivity contribution in [3.8, 4) is 11.1 Å². The number of para-hydroxylation sites is 1. The Balaban J connectivity index is 1.43. The summed E-state index contributed by atoms with van der Waals surface area (Å²) in [6.45, 7) is 1.30. The predicted octanol–water partition coefficient (Wildman–Crippen LogP) is 6.55. The van der Waals surface area contributed by atoms with E-state index < -0.39 is 0 Å². The summed E-state index contributed by atoms with van der Waals surface area (Å²) in [5, 5.41) is 1.24. The summed E-state index contributed by atoms with van der Waals surface area (Å²) in [4.78, 5) is 24.1. The Morgan fingerprint density at radius 1 is 0.970 bits per heavy atom. The number of thiazole rings is 1. The highest BCUT2D eigenvalue weighted by atomic mass is 35.5. The molecule has 5 rings (SSSR count). The smallest absolute Gasteiger partial charge is 0.260 e. The van der Waals surface area contributed by atoms with Crippen molar-refractivity contribution >= 4 is 44.2 Å². The quantitative estimate of drug-likeness (QED) is 0.270. The fraction of sp³-hybridized carbons (Fsp3) is 0.115. The minimum Gasteiger partial charge on any atom is -0.337 e. The zero-order valence-electron chi connectivity index (χ0n) is 17.8. The molecule has 0 unspecified atom stereocenters. The molecule has 0 bridgehead atoms. The molecule has 0 saturated carbocycles. The molecule has 0 radical (unpaired) electrons. The van der Waals surface area contributed by atoms with E-state index in [9.17, 15) is 4.79 Å². The molecule has 5 nitrogen and oxygen atoms in total. The zero-order valence-corrected chi connectivity index (χ0v) is 19.3. The van der Waals surface area contributed by atoms with Crippen LogP contribution in [-0.4, -0.2) is 27.0 Å². The minimum absolute atomic E-state index is 0.0737. The lowest BCUT2D eigenvalue weighted by Gasteiger charge is -2.20. The van der Waals surface area contributed by atoms with Gasteiger partial charge < -0.3 is 4.57 Å². The Labute approximate surface area is 200 Å². The number of anilines is 1. The molecule has 0 atom stereocenters. The Morgan fingerprint density at radius 3 is 2.48 bits per heavy atom. The van der Waals surface area contributed by atoms with Crippen molar-refractivity contribution in [3.05, 3.63) is 102 Å². The number of hydrogen-bond acceptors (Lipinski definition) is 4. The normalized spacial score (nSPS) is 11.1. The summed E-state index contributed by atoms with van der Waals surface area (Å²) in [5.41, 5.74) is 3.55. The molecule has 0 aliphatic rings. The van der Waals surface area contributed by atoms with Gasteiger partial charge in [0.15, 0.2) is 5.13 Å². The first-order chi connectivity index (χ1) is 16.2. The van der Waals surface area contributed by atoms with Crippen molar-refractivity contribution in [3.63, 3.8) is 0 Å². The number of halogens is 1. The van der Waals surface area contributed by atoms with E-state index in [4.69, 9.17) is 16.6 Å². The molecule has 2 aromatic heterocycles. The lowest BCUT2D eigenvalue weighted by Crippen LogP contribution is -2.32. The van der Waals surface area contributed by atoms with Crippen LogP contribution in [0.1, 0.15) is 16.8 Å². The summed E-state index contributed by atoms with van der Waals surface area (Å²) in [6, 6.07) is 23.6. The van der Waals surface area contributed by atoms with Crippen LogP contribution in [0, 0.1) is 0 Å². The van der Waals surface area contributed by atoms with Gasteiger partial charge in [-0.2, -0.15) is 0 Å². The first kappa shape index (κ1) is 21.4. The molecule has 0 fully saturated rings. The molecule has 1 amide bonds. The van der Waals surface area contributed by atoms with Gasteiger partial charge in [0.1, 0.15) is 5.52 Å². The lowest BCUT2D eigenvalue weighted by molar-refractivity contribution is 0.0986. The van der Waals surface area contributed by atoms with Crippen molar-refractivity contribution < 1.29 is 4.79 Å². The van der Waals surface area contributed by atoms with Gasteiger partial charge in [-0.3, -0.25) is 9.69 Å². The Morgan fingerprint density at radius 2 is 1.76 bits per heavy atom. The average Bonchev–Trinajstić information content (AvgIpc) is 3.53. The predicted molar refractivity (Wildman–Crippen MR) is 135 cm³/mol. The molecule has 7 heteroatoms. The molecule has 0 spiro atoms. The van der Waals surface area contributed by atoms with Gasteiger partial charge in [-0.25, -0.2) is 9.97 Å². The third-order valence-corrected chi connectivity index (χ3v) is 6.78. The van der Waals surface area contributed by atoms with Crippen LogP contribution in [0.15, 0.2) is 91.5 Å². The number of fused-ring (bicyclic) bond motifs is 1. The number of carbonyl (C=O) groups excluding carboxylic acids is 1. The maximum atomic E-state index is 13.6. The van der Waals surface area contributed by atoms with E-state index in [0.29, 0.717) is 22.3 Å². The number of aromatic nitrogens is 3. The lowest BCUT2D eigenvalue weighted by atomic mass is 10.0. The summed E-state index contributed by atoms with van der Waals surface area (Å²) in [5.74, 6) is -0.0737. The topological polar surface area (TPSA) is 51.0 Å². The number of aryl methyl sites for hydroxylation is 1. The molecule has 0 aliphatic carbocycles. The highest BCUT2D eigenvalue weighted by molar-refractivity contribution is 7.22. The van der Waals surface area contributed by atoms with Gasteiger partial charge in [-0.1, -0.05) is 71.5 Å². The summed E-state index contributed by atoms with van der Waals surface area (Å²) < 4.78 is 2.97. The van der Waals surface area contributed by atoms with Crippen molar-refractivity contribution in [2.45, 2.75) is 13.0 Å². The van der Waals surface area contributed by atoms with Crippen LogP contribution in [0.25, 0.3) is 21.3 Å². The summed E-state index contributed by atoms with van der Waals surface area (Å²) >= 11 is 7.83. The fourth-order valence-electron chi connectivity index (χ4n) is 3.72. The number of hydrogen-bond donors (Lipinski definition) is 0. The van der Waals surface area contributed by atoms with Gasteiger partial charge in [-0.05, 0) is 41.8 Å². The van der Waals surface area contributed by atoms with E-state index in [2.05, 4.69) is 17.1 Å². The fourth-order valence-corrected chi connectivity index (χ4v) is 5.01. The summed E-state index contributed by atoms with van der Waals surface area (Å²) in [6.07, 6.45) is 6.23. The highest BCUT2D eigenvalue weighted by Crippen LogP contribution is 2.33. The van der Waals surface area contributed by atoms with Crippen molar-refractivity contribution in [2.24, 2.45) is 0 Å². The largest absolute Gasteiger partial charge is 0.337 e. The number of carbonyl (C=O) groups is 1. The van der Waals surface area contributed by atoms with E-state index in [0.717, 1.165) is 34.3 Å². The Bertz CT molecular complexity index is 1360. The van der Waals surface area contributed by atoms with Crippen LogP contribution in [0.4, 0.5) is 5.13 Å². The van der Waals surface area contributed by atoms with Crippen molar-refractivity contribution in [1.29, 1.82) is 0 Å². The molecule has 0 aliphatic heterocycles. The SMILES string of the molecule is O=C(c1ccc(-c2ccccc2)cc1)N(CCCn1ccnc1)c1nc2c(Cl)cccc2s1. The molecule has 2 heterocycles. The summed E-state index contributed by atoms with van der Waals surface area (Å²) in [7, 11) is 0. The van der Waals surface area contributed by atoms with E-state index in [1.165, 1.54) is 11.3 Å². The van der Waals surface area contributed by atoms with Gasteiger partial charge >= 0.3 is 0 Å². The van der Waals surface area contributed by atoms with Gasteiger partial charge in [0.25, 0.3) is 5.91 Å². The number of benzene rings is 3. The maximum absolute atomic E-state index is 13.6. The van der Waals surface area contributed by atoms with Crippen LogP contribution in [0.2, 0.25) is 5.02 Å². The number of imidazole rings is 1. The first-order valence-corrected chi connectivity index (χ1v) is 11.9. The van der Waals surface area contributed by atoms with Crippen LogP contribution < -0.4 is 4.90 Å².